The van der Waals surface area contributed by atoms with E-state index in [1.54, 1.807) is 18.2 Å². The van der Waals surface area contributed by atoms with Crippen LogP contribution in [0.5, 0.6) is 5.75 Å². The zero-order valence-corrected chi connectivity index (χ0v) is 14.5. The number of para-hydroxylation sites is 1. The van der Waals surface area contributed by atoms with Gasteiger partial charge in [0.05, 0.1) is 11.6 Å². The second-order valence-electron chi connectivity index (χ2n) is 9.17. The van der Waals surface area contributed by atoms with Gasteiger partial charge in [-0.2, -0.15) is 5.10 Å². The summed E-state index contributed by atoms with van der Waals surface area (Å²) in [6.45, 7) is 4.73. The lowest BCUT2D eigenvalue weighted by molar-refractivity contribution is -0.170. The highest BCUT2D eigenvalue weighted by molar-refractivity contribution is 5.87. The van der Waals surface area contributed by atoms with Crippen molar-refractivity contribution in [3.8, 4) is 5.75 Å². The van der Waals surface area contributed by atoms with E-state index in [0.29, 0.717) is 22.3 Å². The van der Waals surface area contributed by atoms with Crippen molar-refractivity contribution in [2.45, 2.75) is 52.4 Å². The fraction of sp³-hybridized carbons (Fsp3) is 0.600. The first kappa shape index (κ1) is 15.7. The molecule has 4 bridgehead atoms. The van der Waals surface area contributed by atoms with Crippen LogP contribution in [0.1, 0.15) is 57.9 Å². The fourth-order valence-corrected chi connectivity index (χ4v) is 6.58. The lowest BCUT2D eigenvalue weighted by atomic mass is 9.40. The Kier molecular flexibility index (Phi) is 3.32. The Morgan fingerprint density at radius 2 is 1.83 bits per heavy atom. The van der Waals surface area contributed by atoms with E-state index in [1.165, 1.54) is 25.5 Å². The maximum absolute atomic E-state index is 13.0. The largest absolute Gasteiger partial charge is 0.507 e. The maximum Gasteiger partial charge on any atom is 0.246 e. The van der Waals surface area contributed by atoms with E-state index in [1.807, 2.05) is 6.07 Å². The summed E-state index contributed by atoms with van der Waals surface area (Å²) < 4.78 is 0. The molecule has 5 rings (SSSR count). The molecular weight excluding hydrogens is 300 g/mol. The fourth-order valence-electron chi connectivity index (χ4n) is 6.58. The Morgan fingerprint density at radius 1 is 1.17 bits per heavy atom. The van der Waals surface area contributed by atoms with Crippen LogP contribution in [0.25, 0.3) is 0 Å². The molecule has 0 saturated heterocycles. The summed E-state index contributed by atoms with van der Waals surface area (Å²) in [6, 6.07) is 6.99. The van der Waals surface area contributed by atoms with Crippen molar-refractivity contribution < 1.29 is 9.90 Å². The van der Waals surface area contributed by atoms with Crippen LogP contribution in [0, 0.1) is 22.2 Å². The van der Waals surface area contributed by atoms with E-state index in [4.69, 9.17) is 0 Å². The lowest BCUT2D eigenvalue weighted by Crippen LogP contribution is -2.59. The topological polar surface area (TPSA) is 61.7 Å². The molecule has 0 heterocycles. The van der Waals surface area contributed by atoms with Crippen molar-refractivity contribution >= 4 is 12.1 Å². The third-order valence-corrected chi connectivity index (χ3v) is 6.41. The molecule has 0 radical (unpaired) electrons. The number of rotatable bonds is 3. The van der Waals surface area contributed by atoms with Crippen molar-refractivity contribution in [2.24, 2.45) is 27.3 Å². The van der Waals surface area contributed by atoms with Crippen molar-refractivity contribution in [3.05, 3.63) is 29.8 Å². The summed E-state index contributed by atoms with van der Waals surface area (Å²) >= 11 is 0. The molecule has 4 saturated carbocycles. The van der Waals surface area contributed by atoms with Crippen LogP contribution < -0.4 is 5.43 Å². The summed E-state index contributed by atoms with van der Waals surface area (Å²) in [4.78, 5) is 13.0. The summed E-state index contributed by atoms with van der Waals surface area (Å²) in [5, 5.41) is 13.9. The molecule has 2 N–H and O–H groups in total. The number of nitrogens with zero attached hydrogens (tertiary/aromatic N) is 1. The summed E-state index contributed by atoms with van der Waals surface area (Å²) in [5.41, 5.74) is 3.76. The van der Waals surface area contributed by atoms with Gasteiger partial charge in [-0.1, -0.05) is 26.0 Å². The first-order chi connectivity index (χ1) is 11.3. The van der Waals surface area contributed by atoms with E-state index >= 15 is 0 Å². The molecule has 1 amide bonds. The van der Waals surface area contributed by atoms with Crippen molar-refractivity contribution in [1.82, 2.24) is 5.43 Å². The van der Waals surface area contributed by atoms with Gasteiger partial charge in [-0.15, -0.1) is 0 Å². The molecule has 4 aliphatic rings. The van der Waals surface area contributed by atoms with Crippen molar-refractivity contribution in [2.75, 3.05) is 0 Å². The molecule has 0 aliphatic heterocycles. The van der Waals surface area contributed by atoms with E-state index in [2.05, 4.69) is 24.4 Å². The lowest BCUT2D eigenvalue weighted by Gasteiger charge is -2.64. The van der Waals surface area contributed by atoms with Gasteiger partial charge in [-0.3, -0.25) is 4.79 Å². The third kappa shape index (κ3) is 2.52. The van der Waals surface area contributed by atoms with Gasteiger partial charge in [0.2, 0.25) is 5.91 Å². The highest BCUT2D eigenvalue weighted by atomic mass is 16.3. The second-order valence-corrected chi connectivity index (χ2v) is 9.17. The van der Waals surface area contributed by atoms with E-state index in [9.17, 15) is 9.90 Å². The molecule has 0 unspecified atom stereocenters. The number of hydrogen-bond acceptors (Lipinski definition) is 3. The van der Waals surface area contributed by atoms with Gasteiger partial charge in [0.25, 0.3) is 0 Å². The van der Waals surface area contributed by atoms with E-state index < -0.39 is 0 Å². The first-order valence-electron chi connectivity index (χ1n) is 8.93. The van der Waals surface area contributed by atoms with Crippen molar-refractivity contribution in [1.29, 1.82) is 0 Å². The summed E-state index contributed by atoms with van der Waals surface area (Å²) in [5.74, 6) is 0.921. The molecule has 4 fully saturated rings. The molecule has 0 aromatic heterocycles. The van der Waals surface area contributed by atoms with Crippen LogP contribution in [0.15, 0.2) is 29.4 Å². The average molecular weight is 326 g/mol. The van der Waals surface area contributed by atoms with Gasteiger partial charge >= 0.3 is 0 Å². The Labute approximate surface area is 143 Å². The molecule has 0 spiro atoms. The number of amides is 1. The minimum Gasteiger partial charge on any atom is -0.507 e. The van der Waals surface area contributed by atoms with Crippen molar-refractivity contribution in [3.63, 3.8) is 0 Å². The number of nitrogens with one attached hydrogen (secondary N) is 1. The van der Waals surface area contributed by atoms with Crippen LogP contribution in [0.4, 0.5) is 0 Å². The minimum absolute atomic E-state index is 0.0655. The number of hydrazone groups is 1. The molecule has 128 valence electrons. The highest BCUT2D eigenvalue weighted by Crippen LogP contribution is 2.69. The smallest absolute Gasteiger partial charge is 0.246 e. The van der Waals surface area contributed by atoms with E-state index in [0.717, 1.165) is 19.3 Å². The normalized spacial score (nSPS) is 40.2. The molecule has 1 aromatic rings. The minimum atomic E-state index is -0.251. The molecule has 4 nitrogen and oxygen atoms in total. The predicted octanol–water partition coefficient (Wildman–Crippen LogP) is 3.84. The maximum atomic E-state index is 13.0. The van der Waals surface area contributed by atoms with Gasteiger partial charge in [0, 0.05) is 5.56 Å². The zero-order chi connectivity index (χ0) is 17.0. The standard InChI is InChI=1S/C20H26N2O2/c1-18-7-14-8-19(2,11-18)13-20(9-14,12-18)17(24)22-21-10-15-5-3-4-6-16(15)23/h3-6,10,14,23H,7-9,11-13H2,1-2H3,(H,22,24)/b21-10-/t14?,18-,19-,20?/m1/s1. The number of phenolic OH excluding ortho intramolecular Hbond substituents is 1. The van der Waals surface area contributed by atoms with Crippen LogP contribution in [-0.2, 0) is 4.79 Å². The van der Waals surface area contributed by atoms with Crippen LogP contribution in [-0.4, -0.2) is 17.2 Å². The number of aromatic hydroxyl groups is 1. The number of carbonyl (C=O) groups excluding carboxylic acids is 1. The Bertz CT molecular complexity index is 693. The number of phenols is 1. The number of carbonyl (C=O) groups is 1. The SMILES string of the molecule is C[C@]12CC3CC(C(=O)N/N=C\c4ccccc4O)(C1)C[C@](C)(C3)C2. The number of hydrogen-bond donors (Lipinski definition) is 2. The highest BCUT2D eigenvalue weighted by Gasteiger charge is 2.62. The predicted molar refractivity (Wildman–Crippen MR) is 93.7 cm³/mol. The Balaban J connectivity index is 1.51. The molecule has 4 heteroatoms. The van der Waals surface area contributed by atoms with Gasteiger partial charge in [0.15, 0.2) is 0 Å². The van der Waals surface area contributed by atoms with E-state index in [-0.39, 0.29) is 17.1 Å². The molecule has 4 aliphatic carbocycles. The quantitative estimate of drug-likeness (QED) is 0.655. The molecule has 24 heavy (non-hydrogen) atoms. The van der Waals surface area contributed by atoms with Gasteiger partial charge in [-0.05, 0) is 67.4 Å². The molecule has 2 atom stereocenters. The molecular formula is C20H26N2O2. The van der Waals surface area contributed by atoms with Gasteiger partial charge in [0.1, 0.15) is 5.75 Å². The van der Waals surface area contributed by atoms with Crippen LogP contribution in [0.2, 0.25) is 0 Å². The zero-order valence-electron chi connectivity index (χ0n) is 14.5. The van der Waals surface area contributed by atoms with Gasteiger partial charge in [-0.25, -0.2) is 5.43 Å². The summed E-state index contributed by atoms with van der Waals surface area (Å²) in [7, 11) is 0. The number of benzene rings is 1. The third-order valence-electron chi connectivity index (χ3n) is 6.41. The molecule has 1 aromatic carbocycles. The Morgan fingerprint density at radius 3 is 2.46 bits per heavy atom. The van der Waals surface area contributed by atoms with Gasteiger partial charge < -0.3 is 5.11 Å². The monoisotopic (exact) mass is 326 g/mol. The van der Waals surface area contributed by atoms with Crippen LogP contribution in [0.3, 0.4) is 0 Å². The first-order valence-corrected chi connectivity index (χ1v) is 8.93. The average Bonchev–Trinajstić information content (AvgIpc) is 2.45. The summed E-state index contributed by atoms with van der Waals surface area (Å²) in [6.07, 6.45) is 8.32. The second kappa shape index (κ2) is 5.08. The van der Waals surface area contributed by atoms with Crippen LogP contribution >= 0.6 is 0 Å². The Hall–Kier alpha value is -1.84.